The minimum absolute atomic E-state index is 0.251. The number of fused-ring (bicyclic) bond motifs is 6. The van der Waals surface area contributed by atoms with Crippen LogP contribution in [-0.4, -0.2) is 9.13 Å². The van der Waals surface area contributed by atoms with E-state index in [-0.39, 0.29) is 11.1 Å². The number of alkyl halides is 6. The molecule has 11 rings (SSSR count). The second-order valence-corrected chi connectivity index (χ2v) is 19.0. The molecule has 0 radical (unpaired) electrons. The number of aryl methyl sites for hydroxylation is 6. The van der Waals surface area contributed by atoms with Crippen molar-refractivity contribution >= 4 is 43.6 Å². The SMILES string of the molecule is Cc1cc(C)c(-c2ccc3c(c2)c2ccccc2n3-c2ccc(C#N)cc2-c2cc(-c3c(C(F)(F)F)cccc3C(F)(F)F)ccc2-n2c3ccccc3c3cc(-c4c(C)cc(C)cc4C)ccc32)c(C)c1. The Morgan fingerprint density at radius 3 is 1.21 bits per heavy atom. The maximum absolute atomic E-state index is 15.0. The van der Waals surface area contributed by atoms with E-state index in [1.165, 1.54) is 12.1 Å². The van der Waals surface area contributed by atoms with Crippen LogP contribution in [0.3, 0.4) is 0 Å². The summed E-state index contributed by atoms with van der Waals surface area (Å²) in [6.07, 6.45) is -10.3. The fourth-order valence-corrected chi connectivity index (χ4v) is 11.5. The Kier molecular flexibility index (Phi) is 10.8. The number of rotatable bonds is 6. The molecule has 0 amide bonds. The topological polar surface area (TPSA) is 33.6 Å². The summed E-state index contributed by atoms with van der Waals surface area (Å²) >= 11 is 0. The van der Waals surface area contributed by atoms with Crippen LogP contribution in [0.15, 0.2) is 164 Å². The van der Waals surface area contributed by atoms with Gasteiger partial charge in [-0.25, -0.2) is 0 Å². The van der Waals surface area contributed by atoms with Gasteiger partial charge in [-0.1, -0.05) is 96.1 Å². The molecule has 0 unspecified atom stereocenters. The van der Waals surface area contributed by atoms with Crippen LogP contribution in [0.4, 0.5) is 26.3 Å². The number of halogens is 6. The molecule has 11 aromatic rings. The van der Waals surface area contributed by atoms with E-state index < -0.39 is 29.0 Å². The third-order valence-corrected chi connectivity index (χ3v) is 14.1. The van der Waals surface area contributed by atoms with Crippen LogP contribution in [0.1, 0.15) is 50.1 Å². The zero-order chi connectivity index (χ0) is 50.5. The number of nitrogens with zero attached hydrogens (tertiary/aromatic N) is 3. The summed E-state index contributed by atoms with van der Waals surface area (Å²) < 4.78 is 94.3. The van der Waals surface area contributed by atoms with Crippen molar-refractivity contribution in [2.75, 3.05) is 0 Å². The molecule has 0 saturated carbocycles. The van der Waals surface area contributed by atoms with Crippen LogP contribution in [0.5, 0.6) is 0 Å². The maximum atomic E-state index is 15.0. The Bertz CT molecular complexity index is 4020. The third kappa shape index (κ3) is 7.52. The van der Waals surface area contributed by atoms with Gasteiger partial charge in [-0.3, -0.25) is 0 Å². The Balaban J connectivity index is 1.25. The maximum Gasteiger partial charge on any atom is 0.417 e. The minimum atomic E-state index is -5.13. The summed E-state index contributed by atoms with van der Waals surface area (Å²) in [5.74, 6) is 0. The fourth-order valence-electron chi connectivity index (χ4n) is 11.5. The van der Waals surface area contributed by atoms with E-state index in [4.69, 9.17) is 0 Å². The van der Waals surface area contributed by atoms with Crippen molar-refractivity contribution in [2.24, 2.45) is 0 Å². The monoisotopic (exact) mass is 957 g/mol. The van der Waals surface area contributed by atoms with E-state index in [1.54, 1.807) is 18.2 Å². The van der Waals surface area contributed by atoms with Crippen molar-refractivity contribution in [3.05, 3.63) is 214 Å². The molecule has 0 aliphatic rings. The second-order valence-electron chi connectivity index (χ2n) is 19.0. The van der Waals surface area contributed by atoms with Gasteiger partial charge in [0.1, 0.15) is 0 Å². The number of aromatic nitrogens is 2. The Hall–Kier alpha value is -8.35. The van der Waals surface area contributed by atoms with Gasteiger partial charge in [-0.2, -0.15) is 31.6 Å². The van der Waals surface area contributed by atoms with Gasteiger partial charge in [0, 0.05) is 38.2 Å². The van der Waals surface area contributed by atoms with Crippen molar-refractivity contribution in [1.82, 2.24) is 9.13 Å². The number of para-hydroxylation sites is 2. The van der Waals surface area contributed by atoms with E-state index in [1.807, 2.05) is 65.2 Å². The highest BCUT2D eigenvalue weighted by atomic mass is 19.4. The summed E-state index contributed by atoms with van der Waals surface area (Å²) in [5.41, 5.74) is 12.2. The standard InChI is InChI=1S/C63H45F6N3/c1-35-26-37(3)59(38(4)27-35)42-19-23-56-48(31-42)45-12-7-9-16-53(45)71(56)55-22-18-41(34-70)30-47(55)50-33-44(61-51(62(64,65)66)14-11-15-52(61)63(67,68)69)21-25-58(50)72-54-17-10-8-13-46(54)49-32-43(20-24-57(49)72)60-39(5)28-36(2)29-40(60)6/h7-33H,1-6H3. The molecule has 0 N–H and O–H groups in total. The summed E-state index contributed by atoms with van der Waals surface area (Å²) in [5, 5.41) is 14.2. The normalized spacial score (nSPS) is 12.2. The molecule has 0 saturated heterocycles. The van der Waals surface area contributed by atoms with Crippen LogP contribution >= 0.6 is 0 Å². The summed E-state index contributed by atoms with van der Waals surface area (Å²) in [4.78, 5) is 0. The molecule has 72 heavy (non-hydrogen) atoms. The molecule has 0 bridgehead atoms. The average molecular weight is 958 g/mol. The van der Waals surface area contributed by atoms with Crippen LogP contribution in [-0.2, 0) is 12.4 Å². The molecule has 2 heterocycles. The summed E-state index contributed by atoms with van der Waals surface area (Å²) in [6, 6.07) is 50.9. The Morgan fingerprint density at radius 1 is 0.375 bits per heavy atom. The van der Waals surface area contributed by atoms with Gasteiger partial charge in [0.25, 0.3) is 0 Å². The first-order valence-electron chi connectivity index (χ1n) is 23.6. The van der Waals surface area contributed by atoms with E-state index in [9.17, 15) is 5.26 Å². The third-order valence-electron chi connectivity index (χ3n) is 14.1. The van der Waals surface area contributed by atoms with Crippen LogP contribution in [0.2, 0.25) is 0 Å². The number of nitriles is 1. The first-order valence-corrected chi connectivity index (χ1v) is 23.6. The lowest BCUT2D eigenvalue weighted by atomic mass is 9.89. The predicted molar refractivity (Wildman–Crippen MR) is 280 cm³/mol. The first kappa shape index (κ1) is 46.1. The van der Waals surface area contributed by atoms with Crippen molar-refractivity contribution < 1.29 is 26.3 Å². The Labute approximate surface area is 412 Å². The fraction of sp³-hybridized carbons (Fsp3) is 0.127. The summed E-state index contributed by atoms with van der Waals surface area (Å²) in [7, 11) is 0. The van der Waals surface area contributed by atoms with Gasteiger partial charge in [0.15, 0.2) is 0 Å². The molecule has 0 fully saturated rings. The van der Waals surface area contributed by atoms with Gasteiger partial charge >= 0.3 is 12.4 Å². The van der Waals surface area contributed by atoms with E-state index in [0.29, 0.717) is 34.6 Å². The van der Waals surface area contributed by atoms with Gasteiger partial charge in [-0.15, -0.1) is 0 Å². The molecular weight excluding hydrogens is 913 g/mol. The van der Waals surface area contributed by atoms with Gasteiger partial charge in [-0.05, 0) is 170 Å². The van der Waals surface area contributed by atoms with Gasteiger partial charge < -0.3 is 9.13 Å². The lowest BCUT2D eigenvalue weighted by Crippen LogP contribution is -2.14. The number of hydrogen-bond acceptors (Lipinski definition) is 1. The quantitative estimate of drug-likeness (QED) is 0.153. The molecular formula is C63H45F6N3. The van der Waals surface area contributed by atoms with Crippen molar-refractivity contribution in [1.29, 1.82) is 5.26 Å². The Morgan fingerprint density at radius 2 is 0.764 bits per heavy atom. The molecule has 0 spiro atoms. The predicted octanol–water partition coefficient (Wildman–Crippen LogP) is 18.3. The molecule has 0 aliphatic heterocycles. The lowest BCUT2D eigenvalue weighted by molar-refractivity contribution is -0.142. The van der Waals surface area contributed by atoms with Crippen LogP contribution in [0.25, 0.3) is 99.5 Å². The number of benzene rings is 9. The molecule has 354 valence electrons. The number of hydrogen-bond donors (Lipinski definition) is 0. The van der Waals surface area contributed by atoms with Gasteiger partial charge in [0.2, 0.25) is 0 Å². The lowest BCUT2D eigenvalue weighted by Gasteiger charge is -2.22. The van der Waals surface area contributed by atoms with Crippen molar-refractivity contribution in [2.45, 2.75) is 53.9 Å². The molecule has 3 nitrogen and oxygen atoms in total. The molecule has 2 aromatic heterocycles. The average Bonchev–Trinajstić information content (AvgIpc) is 3.84. The largest absolute Gasteiger partial charge is 0.417 e. The van der Waals surface area contributed by atoms with Crippen molar-refractivity contribution in [3.63, 3.8) is 0 Å². The zero-order valence-corrected chi connectivity index (χ0v) is 40.2. The van der Waals surface area contributed by atoms with Crippen LogP contribution < -0.4 is 0 Å². The van der Waals surface area contributed by atoms with Crippen LogP contribution in [0, 0.1) is 52.9 Å². The molecule has 9 heteroatoms. The highest BCUT2D eigenvalue weighted by Gasteiger charge is 2.41. The zero-order valence-electron chi connectivity index (χ0n) is 40.2. The van der Waals surface area contributed by atoms with E-state index >= 15 is 26.3 Å². The molecule has 9 aromatic carbocycles. The highest BCUT2D eigenvalue weighted by molar-refractivity contribution is 6.13. The highest BCUT2D eigenvalue weighted by Crippen LogP contribution is 2.48. The second kappa shape index (κ2) is 16.9. The van der Waals surface area contributed by atoms with E-state index in [0.717, 1.165) is 105 Å². The summed E-state index contributed by atoms with van der Waals surface area (Å²) in [6.45, 7) is 12.5. The molecule has 0 aliphatic carbocycles. The smallest absolute Gasteiger partial charge is 0.309 e. The minimum Gasteiger partial charge on any atom is -0.309 e. The van der Waals surface area contributed by atoms with Crippen molar-refractivity contribution in [3.8, 4) is 62.0 Å². The molecule has 0 atom stereocenters. The van der Waals surface area contributed by atoms with E-state index in [2.05, 4.69) is 107 Å². The first-order chi connectivity index (χ1) is 34.4. The van der Waals surface area contributed by atoms with Gasteiger partial charge in [0.05, 0.1) is 56.2 Å².